The van der Waals surface area contributed by atoms with Gasteiger partial charge in [0, 0.05) is 4.88 Å². The Hall–Kier alpha value is -0.390. The Morgan fingerprint density at radius 1 is 1.67 bits per heavy atom. The van der Waals surface area contributed by atoms with Crippen LogP contribution < -0.4 is 11.1 Å². The van der Waals surface area contributed by atoms with Crippen LogP contribution in [-0.2, 0) is 4.79 Å². The fourth-order valence-electron chi connectivity index (χ4n) is 1.43. The van der Waals surface area contributed by atoms with Gasteiger partial charge in [-0.05, 0) is 53.4 Å². The Kier molecular flexibility index (Phi) is 3.43. The minimum atomic E-state index is -0.332. The van der Waals surface area contributed by atoms with E-state index in [1.54, 1.807) is 11.3 Å². The second kappa shape index (κ2) is 4.63. The summed E-state index contributed by atoms with van der Waals surface area (Å²) in [6, 6.07) is 3.54. The Morgan fingerprint density at radius 3 is 2.87 bits per heavy atom. The van der Waals surface area contributed by atoms with Gasteiger partial charge in [-0.1, -0.05) is 0 Å². The third kappa shape index (κ3) is 3.03. The molecule has 1 atom stereocenters. The highest BCUT2D eigenvalue weighted by molar-refractivity contribution is 9.11. The largest absolute Gasteiger partial charge is 0.368 e. The molecule has 0 aromatic carbocycles. The summed E-state index contributed by atoms with van der Waals surface area (Å²) in [5.74, 6) is 0.445. The van der Waals surface area contributed by atoms with Gasteiger partial charge < -0.3 is 11.1 Å². The van der Waals surface area contributed by atoms with Gasteiger partial charge in [-0.25, -0.2) is 0 Å². The fourth-order valence-corrected chi connectivity index (χ4v) is 2.94. The van der Waals surface area contributed by atoms with Crippen LogP contribution in [0.2, 0.25) is 0 Å². The molecular formula is C10H13BrN2OS. The second-order valence-corrected chi connectivity index (χ2v) is 6.32. The van der Waals surface area contributed by atoms with Gasteiger partial charge in [-0.15, -0.1) is 11.3 Å². The molecular weight excluding hydrogens is 276 g/mol. The van der Waals surface area contributed by atoms with Crippen molar-refractivity contribution in [1.29, 1.82) is 0 Å². The Morgan fingerprint density at radius 2 is 2.40 bits per heavy atom. The van der Waals surface area contributed by atoms with E-state index in [0.29, 0.717) is 0 Å². The number of amides is 1. The number of hydrogen-bond donors (Lipinski definition) is 2. The highest BCUT2D eigenvalue weighted by atomic mass is 79.9. The number of hydrogen-bond acceptors (Lipinski definition) is 3. The fraction of sp³-hybridized carbons (Fsp3) is 0.500. The van der Waals surface area contributed by atoms with E-state index in [1.807, 2.05) is 12.1 Å². The molecule has 5 heteroatoms. The van der Waals surface area contributed by atoms with Crippen LogP contribution in [0.1, 0.15) is 23.8 Å². The van der Waals surface area contributed by atoms with Gasteiger partial charge in [0.15, 0.2) is 0 Å². The first-order chi connectivity index (χ1) is 7.16. The van der Waals surface area contributed by atoms with Crippen molar-refractivity contribution in [3.05, 3.63) is 20.8 Å². The van der Waals surface area contributed by atoms with Crippen molar-refractivity contribution in [2.75, 3.05) is 6.54 Å². The molecule has 1 aliphatic carbocycles. The first-order valence-electron chi connectivity index (χ1n) is 4.95. The molecule has 1 aromatic rings. The summed E-state index contributed by atoms with van der Waals surface area (Å²) in [5.41, 5.74) is 5.37. The molecule has 3 nitrogen and oxygen atoms in total. The molecule has 0 saturated heterocycles. The number of primary amides is 1. The molecule has 1 aliphatic rings. The summed E-state index contributed by atoms with van der Waals surface area (Å²) in [7, 11) is 0. The van der Waals surface area contributed by atoms with Gasteiger partial charge in [0.25, 0.3) is 0 Å². The average molecular weight is 289 g/mol. The molecule has 0 spiro atoms. The second-order valence-electron chi connectivity index (χ2n) is 3.83. The van der Waals surface area contributed by atoms with Crippen molar-refractivity contribution < 1.29 is 4.79 Å². The van der Waals surface area contributed by atoms with Gasteiger partial charge in [-0.3, -0.25) is 4.79 Å². The van der Waals surface area contributed by atoms with Crippen LogP contribution in [0.25, 0.3) is 0 Å². The molecule has 1 heterocycles. The topological polar surface area (TPSA) is 55.1 Å². The van der Waals surface area contributed by atoms with Gasteiger partial charge in [0.05, 0.1) is 3.79 Å². The molecule has 1 saturated carbocycles. The maximum absolute atomic E-state index is 11.3. The van der Waals surface area contributed by atoms with Crippen molar-refractivity contribution in [1.82, 2.24) is 5.32 Å². The normalized spacial score (nSPS) is 17.7. The summed E-state index contributed by atoms with van der Waals surface area (Å²) in [5, 5.41) is 3.23. The quantitative estimate of drug-likeness (QED) is 0.871. The predicted molar refractivity (Wildman–Crippen MR) is 64.7 cm³/mol. The molecule has 1 aromatic heterocycles. The van der Waals surface area contributed by atoms with Crippen LogP contribution >= 0.6 is 27.3 Å². The smallest absolute Gasteiger partial charge is 0.239 e. The van der Waals surface area contributed by atoms with E-state index >= 15 is 0 Å². The molecule has 3 N–H and O–H groups in total. The minimum absolute atomic E-state index is 0.301. The van der Waals surface area contributed by atoms with E-state index in [2.05, 4.69) is 21.2 Å². The molecule has 1 unspecified atom stereocenters. The van der Waals surface area contributed by atoms with Crippen LogP contribution in [0.5, 0.6) is 0 Å². The first-order valence-corrected chi connectivity index (χ1v) is 6.55. The highest BCUT2D eigenvalue weighted by Crippen LogP contribution is 2.30. The number of rotatable bonds is 5. The maximum Gasteiger partial charge on any atom is 0.239 e. The van der Waals surface area contributed by atoms with E-state index < -0.39 is 0 Å². The summed E-state index contributed by atoms with van der Waals surface area (Å²) in [4.78, 5) is 12.3. The van der Waals surface area contributed by atoms with E-state index in [9.17, 15) is 4.79 Å². The Balaban J connectivity index is 2.01. The third-order valence-electron chi connectivity index (χ3n) is 2.47. The molecule has 1 fully saturated rings. The molecule has 15 heavy (non-hydrogen) atoms. The lowest BCUT2D eigenvalue weighted by molar-refractivity contribution is -0.120. The number of nitrogens with one attached hydrogen (secondary N) is 1. The van der Waals surface area contributed by atoms with Crippen molar-refractivity contribution in [3.63, 3.8) is 0 Å². The Labute approximate surface area is 101 Å². The van der Waals surface area contributed by atoms with Crippen molar-refractivity contribution in [3.8, 4) is 0 Å². The van der Waals surface area contributed by atoms with Crippen LogP contribution in [0.15, 0.2) is 15.9 Å². The lowest BCUT2D eigenvalue weighted by Crippen LogP contribution is -2.34. The molecule has 0 radical (unpaired) electrons. The van der Waals surface area contributed by atoms with Crippen LogP contribution in [0.3, 0.4) is 0 Å². The Bertz CT molecular complexity index is 362. The van der Waals surface area contributed by atoms with E-state index in [4.69, 9.17) is 5.73 Å². The standard InChI is InChI=1S/C10H13BrN2OS/c11-8-4-3-7(15-8)9(10(12)14)13-5-6-1-2-6/h3-4,6,9,13H,1-2,5H2,(H2,12,14). The molecule has 0 aliphatic heterocycles. The average Bonchev–Trinajstić information content (AvgIpc) is 2.89. The van der Waals surface area contributed by atoms with Gasteiger partial charge in [-0.2, -0.15) is 0 Å². The summed E-state index contributed by atoms with van der Waals surface area (Å²) >= 11 is 4.93. The van der Waals surface area contributed by atoms with Crippen molar-refractivity contribution in [2.45, 2.75) is 18.9 Å². The van der Waals surface area contributed by atoms with Crippen LogP contribution in [0, 0.1) is 5.92 Å². The van der Waals surface area contributed by atoms with E-state index in [1.165, 1.54) is 12.8 Å². The number of carbonyl (C=O) groups excluding carboxylic acids is 1. The maximum atomic E-state index is 11.3. The van der Waals surface area contributed by atoms with E-state index in [-0.39, 0.29) is 11.9 Å². The SMILES string of the molecule is NC(=O)C(NCC1CC1)c1ccc(Br)s1. The number of halogens is 1. The molecule has 2 rings (SSSR count). The predicted octanol–water partition coefficient (Wildman–Crippen LogP) is 2.04. The van der Waals surface area contributed by atoms with Crippen LogP contribution in [0.4, 0.5) is 0 Å². The van der Waals surface area contributed by atoms with E-state index in [0.717, 1.165) is 21.1 Å². The van der Waals surface area contributed by atoms with Crippen molar-refractivity contribution in [2.24, 2.45) is 11.7 Å². The van der Waals surface area contributed by atoms with Gasteiger partial charge >= 0.3 is 0 Å². The molecule has 82 valence electrons. The van der Waals surface area contributed by atoms with Gasteiger partial charge in [0.2, 0.25) is 5.91 Å². The number of thiophene rings is 1. The van der Waals surface area contributed by atoms with Crippen LogP contribution in [-0.4, -0.2) is 12.5 Å². The summed E-state index contributed by atoms with van der Waals surface area (Å²) < 4.78 is 1.02. The molecule has 0 bridgehead atoms. The highest BCUT2D eigenvalue weighted by Gasteiger charge is 2.25. The van der Waals surface area contributed by atoms with Crippen molar-refractivity contribution >= 4 is 33.2 Å². The number of carbonyl (C=O) groups is 1. The summed E-state index contributed by atoms with van der Waals surface area (Å²) in [6.45, 7) is 0.892. The monoisotopic (exact) mass is 288 g/mol. The zero-order chi connectivity index (χ0) is 10.8. The first kappa shape index (κ1) is 11.1. The number of nitrogens with two attached hydrogens (primary N) is 1. The summed E-state index contributed by atoms with van der Waals surface area (Å²) in [6.07, 6.45) is 2.54. The lowest BCUT2D eigenvalue weighted by Gasteiger charge is -2.13. The molecule has 1 amide bonds. The van der Waals surface area contributed by atoms with Gasteiger partial charge in [0.1, 0.15) is 6.04 Å². The lowest BCUT2D eigenvalue weighted by atomic mass is 10.2. The minimum Gasteiger partial charge on any atom is -0.368 e. The zero-order valence-corrected chi connectivity index (χ0v) is 10.6. The zero-order valence-electron chi connectivity index (χ0n) is 8.20. The third-order valence-corrected chi connectivity index (χ3v) is 4.16.